The molecular weight excluding hydrogens is 424 g/mol. The second kappa shape index (κ2) is 10.4. The van der Waals surface area contributed by atoms with Gasteiger partial charge in [-0.15, -0.1) is 0 Å². The molecule has 0 unspecified atom stereocenters. The molecule has 0 aliphatic carbocycles. The number of ether oxygens (including phenoxy) is 2. The molecule has 0 radical (unpaired) electrons. The maximum Gasteiger partial charge on any atom is 0.189 e. The molecule has 4 nitrogen and oxygen atoms in total. The zero-order valence-corrected chi connectivity index (χ0v) is 19.4. The van der Waals surface area contributed by atoms with Crippen LogP contribution in [0.15, 0.2) is 60.7 Å². The van der Waals surface area contributed by atoms with E-state index in [1.54, 1.807) is 31.4 Å². The predicted octanol–water partition coefficient (Wildman–Crippen LogP) is 6.96. The summed E-state index contributed by atoms with van der Waals surface area (Å²) >= 11 is 6.30. The van der Waals surface area contributed by atoms with E-state index >= 15 is 0 Å². The minimum absolute atomic E-state index is 0.0369. The van der Waals surface area contributed by atoms with Gasteiger partial charge in [0.1, 0.15) is 23.9 Å². The molecule has 0 atom stereocenters. The number of carbonyl (C=O) groups is 1. The zero-order valence-electron chi connectivity index (χ0n) is 18.7. The minimum atomic E-state index is -0.269. The van der Waals surface area contributed by atoms with E-state index in [-0.39, 0.29) is 23.0 Å². The van der Waals surface area contributed by atoms with E-state index in [4.69, 9.17) is 21.1 Å². The summed E-state index contributed by atoms with van der Waals surface area (Å²) in [6.07, 6.45) is 3.16. The molecule has 1 N–H and O–H groups in total. The maximum absolute atomic E-state index is 12.4. The highest BCUT2D eigenvalue weighted by Crippen LogP contribution is 2.33. The summed E-state index contributed by atoms with van der Waals surface area (Å²) in [4.78, 5) is 12.4. The van der Waals surface area contributed by atoms with E-state index in [9.17, 15) is 9.90 Å². The van der Waals surface area contributed by atoms with Crippen molar-refractivity contribution < 1.29 is 19.4 Å². The van der Waals surface area contributed by atoms with Gasteiger partial charge in [0, 0.05) is 10.6 Å². The van der Waals surface area contributed by atoms with Gasteiger partial charge >= 0.3 is 0 Å². The van der Waals surface area contributed by atoms with Gasteiger partial charge in [-0.05, 0) is 72.0 Å². The highest BCUT2D eigenvalue weighted by atomic mass is 35.5. The number of para-hydroxylation sites is 1. The Hall–Kier alpha value is -3.24. The molecule has 3 rings (SSSR count). The molecule has 0 saturated carbocycles. The first kappa shape index (κ1) is 23.4. The Morgan fingerprint density at radius 1 is 1.09 bits per heavy atom. The second-order valence-corrected chi connectivity index (χ2v) is 8.28. The average Bonchev–Trinajstić information content (AvgIpc) is 2.78. The third-order valence-electron chi connectivity index (χ3n) is 5.20. The number of hydrogen-bond acceptors (Lipinski definition) is 4. The Morgan fingerprint density at radius 3 is 2.53 bits per heavy atom. The number of aromatic hydroxyl groups is 1. The standard InChI is InChI=1S/C27H27ClO4/c1-17(2)22-15-23(28)18(3)13-27(22)32-16-20-14-19(10-12-26(20)31-4)9-11-25(30)21-7-5-6-8-24(21)29/h5-15,17,29H,16H2,1-4H3. The van der Waals surface area contributed by atoms with Crippen molar-refractivity contribution in [2.75, 3.05) is 7.11 Å². The summed E-state index contributed by atoms with van der Waals surface area (Å²) in [6, 6.07) is 16.0. The average molecular weight is 451 g/mol. The van der Waals surface area contributed by atoms with Crippen LogP contribution in [0.25, 0.3) is 6.08 Å². The van der Waals surface area contributed by atoms with Crippen LogP contribution >= 0.6 is 11.6 Å². The number of phenolic OH excluding ortho intramolecular Hbond substituents is 1. The summed E-state index contributed by atoms with van der Waals surface area (Å²) in [7, 11) is 1.61. The first-order chi connectivity index (χ1) is 15.3. The van der Waals surface area contributed by atoms with Crippen molar-refractivity contribution in [1.82, 2.24) is 0 Å². The molecule has 32 heavy (non-hydrogen) atoms. The predicted molar refractivity (Wildman–Crippen MR) is 129 cm³/mol. The van der Waals surface area contributed by atoms with E-state index in [2.05, 4.69) is 13.8 Å². The minimum Gasteiger partial charge on any atom is -0.507 e. The summed E-state index contributed by atoms with van der Waals surface area (Å²) in [5.74, 6) is 1.45. The SMILES string of the molecule is COc1ccc(C=CC(=O)c2ccccc2O)cc1COc1cc(C)c(Cl)cc1C(C)C. The van der Waals surface area contributed by atoms with Crippen molar-refractivity contribution in [2.45, 2.75) is 33.3 Å². The molecule has 0 amide bonds. The monoisotopic (exact) mass is 450 g/mol. The van der Waals surface area contributed by atoms with Crippen molar-refractivity contribution in [1.29, 1.82) is 0 Å². The van der Waals surface area contributed by atoms with Crippen molar-refractivity contribution in [2.24, 2.45) is 0 Å². The van der Waals surface area contributed by atoms with E-state index < -0.39 is 0 Å². The molecule has 0 fully saturated rings. The van der Waals surface area contributed by atoms with Gasteiger partial charge < -0.3 is 14.6 Å². The van der Waals surface area contributed by atoms with Crippen LogP contribution < -0.4 is 9.47 Å². The molecule has 5 heteroatoms. The Bertz CT molecular complexity index is 1150. The van der Waals surface area contributed by atoms with Gasteiger partial charge in [-0.3, -0.25) is 4.79 Å². The quantitative estimate of drug-likeness (QED) is 0.297. The number of allylic oxidation sites excluding steroid dienone is 1. The lowest BCUT2D eigenvalue weighted by molar-refractivity contribution is 0.104. The third-order valence-corrected chi connectivity index (χ3v) is 5.60. The number of carbonyl (C=O) groups excluding carboxylic acids is 1. The van der Waals surface area contributed by atoms with Gasteiger partial charge in [0.2, 0.25) is 0 Å². The molecule has 3 aromatic rings. The van der Waals surface area contributed by atoms with E-state index in [0.29, 0.717) is 12.4 Å². The lowest BCUT2D eigenvalue weighted by Gasteiger charge is -2.17. The molecule has 0 heterocycles. The van der Waals surface area contributed by atoms with Gasteiger partial charge in [-0.25, -0.2) is 0 Å². The third kappa shape index (κ3) is 5.51. The summed E-state index contributed by atoms with van der Waals surface area (Å²) in [6.45, 7) is 6.45. The first-order valence-corrected chi connectivity index (χ1v) is 10.8. The van der Waals surface area contributed by atoms with Gasteiger partial charge in [-0.2, -0.15) is 0 Å². The number of halogens is 1. The highest BCUT2D eigenvalue weighted by Gasteiger charge is 2.13. The van der Waals surface area contributed by atoms with Gasteiger partial charge in [0.15, 0.2) is 5.78 Å². The van der Waals surface area contributed by atoms with Crippen molar-refractivity contribution in [3.8, 4) is 17.2 Å². The lowest BCUT2D eigenvalue weighted by Crippen LogP contribution is -2.03. The first-order valence-electron chi connectivity index (χ1n) is 10.4. The van der Waals surface area contributed by atoms with E-state index in [1.165, 1.54) is 12.1 Å². The number of benzene rings is 3. The molecule has 0 aromatic heterocycles. The molecular formula is C27H27ClO4. The summed E-state index contributed by atoms with van der Waals surface area (Å²) < 4.78 is 11.7. The van der Waals surface area contributed by atoms with Crippen LogP contribution in [0, 0.1) is 6.92 Å². The Morgan fingerprint density at radius 2 is 1.84 bits per heavy atom. The smallest absolute Gasteiger partial charge is 0.189 e. The number of rotatable bonds is 8. The van der Waals surface area contributed by atoms with E-state index in [1.807, 2.05) is 37.3 Å². The van der Waals surface area contributed by atoms with Crippen LogP contribution in [0.1, 0.15) is 52.4 Å². The van der Waals surface area contributed by atoms with Crippen molar-refractivity contribution >= 4 is 23.5 Å². The number of hydrogen-bond donors (Lipinski definition) is 1. The highest BCUT2D eigenvalue weighted by molar-refractivity contribution is 6.31. The van der Waals surface area contributed by atoms with E-state index in [0.717, 1.165) is 33.0 Å². The largest absolute Gasteiger partial charge is 0.507 e. The van der Waals surface area contributed by atoms with Crippen molar-refractivity contribution in [3.63, 3.8) is 0 Å². The van der Waals surface area contributed by atoms with Crippen molar-refractivity contribution in [3.05, 3.63) is 93.5 Å². The van der Waals surface area contributed by atoms with Gasteiger partial charge in [0.25, 0.3) is 0 Å². The topological polar surface area (TPSA) is 55.8 Å². The van der Waals surface area contributed by atoms with Crippen LogP contribution in [-0.2, 0) is 6.61 Å². The maximum atomic E-state index is 12.4. The normalized spacial score (nSPS) is 11.2. The Balaban J connectivity index is 1.82. The van der Waals surface area contributed by atoms with Crippen LogP contribution in [0.5, 0.6) is 17.2 Å². The van der Waals surface area contributed by atoms with Crippen LogP contribution in [-0.4, -0.2) is 18.0 Å². The number of methoxy groups -OCH3 is 1. The molecule has 0 aliphatic rings. The Labute approximate surface area is 194 Å². The molecule has 0 bridgehead atoms. The molecule has 0 spiro atoms. The number of aryl methyl sites for hydroxylation is 1. The van der Waals surface area contributed by atoms with Gasteiger partial charge in [-0.1, -0.05) is 49.7 Å². The molecule has 3 aromatic carbocycles. The van der Waals surface area contributed by atoms with Crippen LogP contribution in [0.4, 0.5) is 0 Å². The van der Waals surface area contributed by atoms with Crippen LogP contribution in [0.3, 0.4) is 0 Å². The van der Waals surface area contributed by atoms with Crippen LogP contribution in [0.2, 0.25) is 5.02 Å². The molecule has 0 aliphatic heterocycles. The summed E-state index contributed by atoms with van der Waals surface area (Å²) in [5.41, 5.74) is 3.94. The lowest BCUT2D eigenvalue weighted by atomic mass is 10.0. The molecule has 166 valence electrons. The fraction of sp³-hybridized carbons (Fsp3) is 0.222. The number of ketones is 1. The molecule has 0 saturated heterocycles. The van der Waals surface area contributed by atoms with Gasteiger partial charge in [0.05, 0.1) is 12.7 Å². The second-order valence-electron chi connectivity index (χ2n) is 7.87. The fourth-order valence-corrected chi connectivity index (χ4v) is 3.53. The Kier molecular flexibility index (Phi) is 7.60. The zero-order chi connectivity index (χ0) is 23.3. The number of phenols is 1. The summed E-state index contributed by atoms with van der Waals surface area (Å²) in [5, 5.41) is 10.6. The fourth-order valence-electron chi connectivity index (χ4n) is 3.36.